The van der Waals surface area contributed by atoms with Gasteiger partial charge in [-0.05, 0) is 37.4 Å². The van der Waals surface area contributed by atoms with Gasteiger partial charge < -0.3 is 10.6 Å². The quantitative estimate of drug-likeness (QED) is 0.898. The van der Waals surface area contributed by atoms with Crippen molar-refractivity contribution in [2.75, 3.05) is 11.4 Å². The third kappa shape index (κ3) is 3.09. The monoisotopic (exact) mass is 261 g/mol. The van der Waals surface area contributed by atoms with E-state index in [4.69, 9.17) is 5.73 Å². The fraction of sp³-hybridized carbons (Fsp3) is 0.357. The van der Waals surface area contributed by atoms with Crippen LogP contribution in [-0.2, 0) is 6.54 Å². The van der Waals surface area contributed by atoms with E-state index in [0.717, 1.165) is 24.5 Å². The van der Waals surface area contributed by atoms with Crippen LogP contribution in [-0.4, -0.2) is 11.5 Å². The van der Waals surface area contributed by atoms with Crippen molar-refractivity contribution in [1.82, 2.24) is 4.98 Å². The van der Waals surface area contributed by atoms with E-state index in [0.29, 0.717) is 0 Å². The first kappa shape index (κ1) is 13.1. The van der Waals surface area contributed by atoms with Crippen molar-refractivity contribution in [2.24, 2.45) is 5.73 Å². The number of hydrogen-bond donors (Lipinski definition) is 1. The maximum atomic E-state index is 5.81. The number of aromatic nitrogens is 1. The lowest BCUT2D eigenvalue weighted by Gasteiger charge is -2.22. The smallest absolute Gasteiger partial charge is 0.0569 e. The molecule has 0 aromatic carbocycles. The SMILES string of the molecule is CCN(Cc1cccs1)c1ccc(C(C)N)nc1. The second-order valence-electron chi connectivity index (χ2n) is 4.32. The first-order valence-corrected chi connectivity index (χ1v) is 7.07. The molecule has 2 N–H and O–H groups in total. The molecule has 1 unspecified atom stereocenters. The summed E-state index contributed by atoms with van der Waals surface area (Å²) in [7, 11) is 0. The molecular formula is C14H19N3S. The van der Waals surface area contributed by atoms with Crippen LogP contribution in [0.2, 0.25) is 0 Å². The summed E-state index contributed by atoms with van der Waals surface area (Å²) in [5.74, 6) is 0. The van der Waals surface area contributed by atoms with E-state index in [-0.39, 0.29) is 6.04 Å². The molecule has 96 valence electrons. The van der Waals surface area contributed by atoms with Crippen LogP contribution in [0, 0.1) is 0 Å². The van der Waals surface area contributed by atoms with Crippen molar-refractivity contribution in [2.45, 2.75) is 26.4 Å². The fourth-order valence-electron chi connectivity index (χ4n) is 1.83. The van der Waals surface area contributed by atoms with Crippen molar-refractivity contribution in [1.29, 1.82) is 0 Å². The average molecular weight is 261 g/mol. The maximum absolute atomic E-state index is 5.81. The molecule has 2 rings (SSSR count). The summed E-state index contributed by atoms with van der Waals surface area (Å²) in [5.41, 5.74) is 7.89. The third-order valence-electron chi connectivity index (χ3n) is 2.91. The number of anilines is 1. The molecule has 4 heteroatoms. The van der Waals surface area contributed by atoms with Crippen molar-refractivity contribution in [3.8, 4) is 0 Å². The highest BCUT2D eigenvalue weighted by Gasteiger charge is 2.07. The Bertz CT molecular complexity index is 462. The minimum atomic E-state index is -0.00794. The predicted octanol–water partition coefficient (Wildman–Crippen LogP) is 3.19. The number of rotatable bonds is 5. The van der Waals surface area contributed by atoms with E-state index in [1.807, 2.05) is 19.2 Å². The van der Waals surface area contributed by atoms with Crippen molar-refractivity contribution >= 4 is 17.0 Å². The van der Waals surface area contributed by atoms with Gasteiger partial charge in [0.25, 0.3) is 0 Å². The van der Waals surface area contributed by atoms with Crippen LogP contribution in [0.15, 0.2) is 35.8 Å². The van der Waals surface area contributed by atoms with Gasteiger partial charge >= 0.3 is 0 Å². The zero-order valence-electron chi connectivity index (χ0n) is 10.8. The molecule has 0 radical (unpaired) electrons. The molecule has 3 nitrogen and oxygen atoms in total. The minimum Gasteiger partial charge on any atom is -0.365 e. The zero-order valence-corrected chi connectivity index (χ0v) is 11.7. The number of pyridine rings is 1. The molecule has 0 saturated carbocycles. The normalized spacial score (nSPS) is 12.4. The Hall–Kier alpha value is -1.39. The summed E-state index contributed by atoms with van der Waals surface area (Å²) in [6.07, 6.45) is 1.91. The molecule has 0 saturated heterocycles. The van der Waals surface area contributed by atoms with Gasteiger partial charge in [0.2, 0.25) is 0 Å². The lowest BCUT2D eigenvalue weighted by Crippen LogP contribution is -2.21. The average Bonchev–Trinajstić information content (AvgIpc) is 2.89. The maximum Gasteiger partial charge on any atom is 0.0569 e. The summed E-state index contributed by atoms with van der Waals surface area (Å²) in [6.45, 7) is 6.02. The summed E-state index contributed by atoms with van der Waals surface area (Å²) >= 11 is 1.79. The van der Waals surface area contributed by atoms with Crippen LogP contribution in [0.1, 0.15) is 30.5 Å². The molecule has 18 heavy (non-hydrogen) atoms. The first-order valence-electron chi connectivity index (χ1n) is 6.19. The third-order valence-corrected chi connectivity index (χ3v) is 3.77. The van der Waals surface area contributed by atoms with Crippen molar-refractivity contribution < 1.29 is 0 Å². The minimum absolute atomic E-state index is 0.00794. The Morgan fingerprint density at radius 3 is 2.72 bits per heavy atom. The molecule has 0 aliphatic heterocycles. The van der Waals surface area contributed by atoms with Gasteiger partial charge in [-0.2, -0.15) is 0 Å². The highest BCUT2D eigenvalue weighted by Crippen LogP contribution is 2.19. The van der Waals surface area contributed by atoms with E-state index in [1.165, 1.54) is 4.88 Å². The van der Waals surface area contributed by atoms with Gasteiger partial charge in [-0.3, -0.25) is 4.98 Å². The second kappa shape index (κ2) is 5.98. The van der Waals surface area contributed by atoms with Crippen LogP contribution >= 0.6 is 11.3 Å². The van der Waals surface area contributed by atoms with E-state index in [1.54, 1.807) is 11.3 Å². The van der Waals surface area contributed by atoms with Crippen LogP contribution in [0.4, 0.5) is 5.69 Å². The molecule has 2 aromatic rings. The molecule has 0 fully saturated rings. The lowest BCUT2D eigenvalue weighted by atomic mass is 10.2. The Labute approximate surface area is 112 Å². The van der Waals surface area contributed by atoms with Gasteiger partial charge in [0.05, 0.1) is 24.1 Å². The van der Waals surface area contributed by atoms with Crippen molar-refractivity contribution in [3.05, 3.63) is 46.4 Å². The molecular weight excluding hydrogens is 242 g/mol. The zero-order chi connectivity index (χ0) is 13.0. The molecule has 2 aromatic heterocycles. The molecule has 2 heterocycles. The summed E-state index contributed by atoms with van der Waals surface area (Å²) in [5, 5.41) is 2.11. The highest BCUT2D eigenvalue weighted by atomic mass is 32.1. The van der Waals surface area contributed by atoms with Gasteiger partial charge in [0.15, 0.2) is 0 Å². The van der Waals surface area contributed by atoms with Gasteiger partial charge in [0.1, 0.15) is 0 Å². The van der Waals surface area contributed by atoms with Gasteiger partial charge in [-0.15, -0.1) is 11.3 Å². The van der Waals surface area contributed by atoms with Crippen LogP contribution in [0.3, 0.4) is 0 Å². The summed E-state index contributed by atoms with van der Waals surface area (Å²) in [6, 6.07) is 8.36. The van der Waals surface area contributed by atoms with E-state index in [9.17, 15) is 0 Å². The van der Waals surface area contributed by atoms with Gasteiger partial charge in [-0.25, -0.2) is 0 Å². The Balaban J connectivity index is 2.12. The summed E-state index contributed by atoms with van der Waals surface area (Å²) in [4.78, 5) is 8.09. The Morgan fingerprint density at radius 1 is 1.39 bits per heavy atom. The van der Waals surface area contributed by atoms with Crippen LogP contribution < -0.4 is 10.6 Å². The number of thiophene rings is 1. The topological polar surface area (TPSA) is 42.1 Å². The Morgan fingerprint density at radius 2 is 2.22 bits per heavy atom. The van der Waals surface area contributed by atoms with Crippen LogP contribution in [0.25, 0.3) is 0 Å². The predicted molar refractivity (Wildman–Crippen MR) is 77.9 cm³/mol. The standard InChI is InChI=1S/C14H19N3S/c1-3-17(10-13-5-4-8-18-13)12-6-7-14(11(2)15)16-9-12/h4-9,11H,3,10,15H2,1-2H3. The largest absolute Gasteiger partial charge is 0.365 e. The molecule has 0 amide bonds. The number of nitrogens with zero attached hydrogens (tertiary/aromatic N) is 2. The van der Waals surface area contributed by atoms with Gasteiger partial charge in [-0.1, -0.05) is 6.07 Å². The molecule has 1 atom stereocenters. The molecule has 0 aliphatic rings. The van der Waals surface area contributed by atoms with E-state index >= 15 is 0 Å². The summed E-state index contributed by atoms with van der Waals surface area (Å²) < 4.78 is 0. The fourth-order valence-corrected chi connectivity index (χ4v) is 2.55. The lowest BCUT2D eigenvalue weighted by molar-refractivity contribution is 0.775. The second-order valence-corrected chi connectivity index (χ2v) is 5.36. The number of hydrogen-bond acceptors (Lipinski definition) is 4. The van der Waals surface area contributed by atoms with E-state index in [2.05, 4.69) is 40.4 Å². The molecule has 0 aliphatic carbocycles. The van der Waals surface area contributed by atoms with Gasteiger partial charge in [0, 0.05) is 17.5 Å². The first-order chi connectivity index (χ1) is 8.70. The molecule has 0 bridgehead atoms. The highest BCUT2D eigenvalue weighted by molar-refractivity contribution is 7.09. The number of nitrogens with two attached hydrogens (primary N) is 1. The van der Waals surface area contributed by atoms with Crippen LogP contribution in [0.5, 0.6) is 0 Å². The molecule has 0 spiro atoms. The Kier molecular flexibility index (Phi) is 4.33. The van der Waals surface area contributed by atoms with E-state index < -0.39 is 0 Å². The van der Waals surface area contributed by atoms with Crippen molar-refractivity contribution in [3.63, 3.8) is 0 Å².